The van der Waals surface area contributed by atoms with E-state index in [1.807, 2.05) is 26.0 Å². The molecule has 1 saturated heterocycles. The number of aromatic nitrogens is 2. The van der Waals surface area contributed by atoms with Gasteiger partial charge in [-0.3, -0.25) is 0 Å². The average molecular weight is 386 g/mol. The number of benzene rings is 1. The van der Waals surface area contributed by atoms with Crippen LogP contribution in [-0.4, -0.2) is 48.2 Å². The highest BCUT2D eigenvalue weighted by atomic mass is 16.5. The third-order valence-electron chi connectivity index (χ3n) is 5.61. The Bertz CT molecular complexity index is 757. The van der Waals surface area contributed by atoms with Crippen LogP contribution in [0.25, 0.3) is 10.9 Å². The number of fused-ring (bicyclic) bond motifs is 1. The van der Waals surface area contributed by atoms with Crippen LogP contribution in [0.3, 0.4) is 0 Å². The van der Waals surface area contributed by atoms with Crippen molar-refractivity contribution in [2.45, 2.75) is 65.2 Å². The maximum atomic E-state index is 6.02. The van der Waals surface area contributed by atoms with E-state index in [2.05, 4.69) is 14.9 Å². The SMILES string of the molecule is COc1cc2c(C)nc(C)nc2cc1OCCCCCCCN1CCCCC1. The zero-order chi connectivity index (χ0) is 19.8. The summed E-state index contributed by atoms with van der Waals surface area (Å²) < 4.78 is 11.5. The molecule has 0 amide bonds. The molecule has 1 aromatic carbocycles. The van der Waals surface area contributed by atoms with E-state index < -0.39 is 0 Å². The van der Waals surface area contributed by atoms with Crippen LogP contribution >= 0.6 is 0 Å². The molecule has 1 aliphatic rings. The number of nitrogens with zero attached hydrogens (tertiary/aromatic N) is 3. The standard InChI is InChI=1S/C23H35N3O2/c1-18-20-16-22(27-3)23(17-21(20)25-19(2)24-18)28-15-11-6-4-5-8-12-26-13-9-7-10-14-26/h16-17H,4-15H2,1-3H3. The summed E-state index contributed by atoms with van der Waals surface area (Å²) >= 11 is 0. The first kappa shape index (κ1) is 20.8. The smallest absolute Gasteiger partial charge is 0.163 e. The zero-order valence-corrected chi connectivity index (χ0v) is 17.8. The van der Waals surface area contributed by atoms with E-state index in [1.54, 1.807) is 7.11 Å². The van der Waals surface area contributed by atoms with Crippen molar-refractivity contribution in [3.8, 4) is 11.5 Å². The summed E-state index contributed by atoms with van der Waals surface area (Å²) in [6.45, 7) is 8.55. The Balaban J connectivity index is 1.40. The molecule has 1 fully saturated rings. The van der Waals surface area contributed by atoms with Crippen LogP contribution < -0.4 is 9.47 Å². The molecule has 0 atom stereocenters. The van der Waals surface area contributed by atoms with Gasteiger partial charge in [0.05, 0.1) is 19.2 Å². The van der Waals surface area contributed by atoms with E-state index in [1.165, 1.54) is 64.6 Å². The molecule has 0 spiro atoms. The number of unbranched alkanes of at least 4 members (excludes halogenated alkanes) is 4. The quantitative estimate of drug-likeness (QED) is 0.534. The van der Waals surface area contributed by atoms with Crippen LogP contribution in [0.2, 0.25) is 0 Å². The lowest BCUT2D eigenvalue weighted by atomic mass is 10.1. The second kappa shape index (κ2) is 10.6. The Morgan fingerprint density at radius 1 is 0.893 bits per heavy atom. The fourth-order valence-corrected chi connectivity index (χ4v) is 4.04. The van der Waals surface area contributed by atoms with Gasteiger partial charge in [-0.05, 0) is 65.2 Å². The van der Waals surface area contributed by atoms with Crippen LogP contribution in [0.1, 0.15) is 62.9 Å². The lowest BCUT2D eigenvalue weighted by Gasteiger charge is -2.26. The number of rotatable bonds is 10. The summed E-state index contributed by atoms with van der Waals surface area (Å²) in [7, 11) is 1.68. The molecule has 5 nitrogen and oxygen atoms in total. The van der Waals surface area contributed by atoms with E-state index in [0.29, 0.717) is 0 Å². The third kappa shape index (κ3) is 5.81. The molecular formula is C23H35N3O2. The van der Waals surface area contributed by atoms with Crippen LogP contribution in [-0.2, 0) is 0 Å². The molecule has 0 bridgehead atoms. The highest BCUT2D eigenvalue weighted by molar-refractivity contribution is 5.84. The maximum absolute atomic E-state index is 6.02. The number of likely N-dealkylation sites (tertiary alicyclic amines) is 1. The number of piperidine rings is 1. The predicted octanol–water partition coefficient (Wildman–Crippen LogP) is 5.07. The molecule has 28 heavy (non-hydrogen) atoms. The molecule has 2 aromatic rings. The van der Waals surface area contributed by atoms with Crippen molar-refractivity contribution in [2.24, 2.45) is 0 Å². The fourth-order valence-electron chi connectivity index (χ4n) is 4.04. The van der Waals surface area contributed by atoms with Crippen LogP contribution in [0, 0.1) is 13.8 Å². The minimum Gasteiger partial charge on any atom is -0.493 e. The number of hydrogen-bond acceptors (Lipinski definition) is 5. The molecule has 1 aromatic heterocycles. The summed E-state index contributed by atoms with van der Waals surface area (Å²) in [5.74, 6) is 2.31. The summed E-state index contributed by atoms with van der Waals surface area (Å²) in [5.41, 5.74) is 1.88. The van der Waals surface area contributed by atoms with Gasteiger partial charge in [0.1, 0.15) is 5.82 Å². The van der Waals surface area contributed by atoms with Crippen molar-refractivity contribution in [1.82, 2.24) is 14.9 Å². The summed E-state index contributed by atoms with van der Waals surface area (Å²) in [5, 5.41) is 1.02. The zero-order valence-electron chi connectivity index (χ0n) is 17.8. The van der Waals surface area contributed by atoms with Crippen LogP contribution in [0.15, 0.2) is 12.1 Å². The number of hydrogen-bond donors (Lipinski definition) is 0. The molecule has 1 aliphatic heterocycles. The Morgan fingerprint density at radius 2 is 1.64 bits per heavy atom. The molecule has 0 unspecified atom stereocenters. The normalized spacial score (nSPS) is 15.1. The van der Waals surface area contributed by atoms with Crippen molar-refractivity contribution >= 4 is 10.9 Å². The van der Waals surface area contributed by atoms with Gasteiger partial charge < -0.3 is 14.4 Å². The molecule has 5 heteroatoms. The maximum Gasteiger partial charge on any atom is 0.163 e. The molecule has 0 saturated carbocycles. The highest BCUT2D eigenvalue weighted by Gasteiger charge is 2.11. The van der Waals surface area contributed by atoms with Crippen molar-refractivity contribution < 1.29 is 9.47 Å². The van der Waals surface area contributed by atoms with Crippen LogP contribution in [0.4, 0.5) is 0 Å². The summed E-state index contributed by atoms with van der Waals surface area (Å²) in [6.07, 6.45) is 10.4. The minimum atomic E-state index is 0.719. The molecule has 0 N–H and O–H groups in total. The lowest BCUT2D eigenvalue weighted by Crippen LogP contribution is -2.30. The van der Waals surface area contributed by atoms with Gasteiger partial charge in [0.25, 0.3) is 0 Å². The van der Waals surface area contributed by atoms with Gasteiger partial charge in [-0.1, -0.05) is 25.7 Å². The second-order valence-electron chi connectivity index (χ2n) is 7.89. The van der Waals surface area contributed by atoms with E-state index in [-0.39, 0.29) is 0 Å². The van der Waals surface area contributed by atoms with Crippen molar-refractivity contribution in [2.75, 3.05) is 33.4 Å². The van der Waals surface area contributed by atoms with Gasteiger partial charge in [0, 0.05) is 17.1 Å². The molecule has 3 rings (SSSR count). The highest BCUT2D eigenvalue weighted by Crippen LogP contribution is 2.32. The lowest BCUT2D eigenvalue weighted by molar-refractivity contribution is 0.223. The first-order chi connectivity index (χ1) is 13.7. The number of ether oxygens (including phenoxy) is 2. The third-order valence-corrected chi connectivity index (χ3v) is 5.61. The van der Waals surface area contributed by atoms with E-state index in [0.717, 1.165) is 46.9 Å². The first-order valence-electron chi connectivity index (χ1n) is 10.9. The van der Waals surface area contributed by atoms with Gasteiger partial charge in [-0.25, -0.2) is 9.97 Å². The Kier molecular flexibility index (Phi) is 7.90. The predicted molar refractivity (Wildman–Crippen MR) is 114 cm³/mol. The summed E-state index contributed by atoms with van der Waals surface area (Å²) in [4.78, 5) is 11.6. The topological polar surface area (TPSA) is 47.5 Å². The molecular weight excluding hydrogens is 350 g/mol. The Morgan fingerprint density at radius 3 is 2.43 bits per heavy atom. The monoisotopic (exact) mass is 385 g/mol. The van der Waals surface area contributed by atoms with Gasteiger partial charge >= 0.3 is 0 Å². The van der Waals surface area contributed by atoms with Gasteiger partial charge in [0.2, 0.25) is 0 Å². The van der Waals surface area contributed by atoms with Gasteiger partial charge in [-0.15, -0.1) is 0 Å². The van der Waals surface area contributed by atoms with Gasteiger partial charge in [0.15, 0.2) is 11.5 Å². The average Bonchev–Trinajstić information content (AvgIpc) is 2.70. The molecule has 154 valence electrons. The molecule has 0 radical (unpaired) electrons. The van der Waals surface area contributed by atoms with Crippen molar-refractivity contribution in [3.63, 3.8) is 0 Å². The largest absolute Gasteiger partial charge is 0.493 e. The van der Waals surface area contributed by atoms with Crippen molar-refractivity contribution in [1.29, 1.82) is 0 Å². The van der Waals surface area contributed by atoms with Crippen molar-refractivity contribution in [3.05, 3.63) is 23.7 Å². The Hall–Kier alpha value is -1.88. The van der Waals surface area contributed by atoms with E-state index in [9.17, 15) is 0 Å². The first-order valence-corrected chi connectivity index (χ1v) is 10.9. The Labute approximate surface area is 169 Å². The van der Waals surface area contributed by atoms with E-state index >= 15 is 0 Å². The van der Waals surface area contributed by atoms with Gasteiger partial charge in [-0.2, -0.15) is 0 Å². The molecule has 0 aliphatic carbocycles. The fraction of sp³-hybridized carbons (Fsp3) is 0.652. The second-order valence-corrected chi connectivity index (χ2v) is 7.89. The minimum absolute atomic E-state index is 0.719. The number of aryl methyl sites for hydroxylation is 2. The molecule has 2 heterocycles. The number of methoxy groups -OCH3 is 1. The summed E-state index contributed by atoms with van der Waals surface area (Å²) in [6, 6.07) is 3.97. The van der Waals surface area contributed by atoms with Crippen LogP contribution in [0.5, 0.6) is 11.5 Å². The van der Waals surface area contributed by atoms with E-state index in [4.69, 9.17) is 9.47 Å².